The quantitative estimate of drug-likeness (QED) is 0.299. The monoisotopic (exact) mass is 275 g/mol. The molecular formula is C8H13N5O6. The van der Waals surface area contributed by atoms with Gasteiger partial charge in [-0.2, -0.15) is 4.98 Å². The number of aliphatic hydroxyl groups excluding tert-OH is 3. The van der Waals surface area contributed by atoms with Crippen molar-refractivity contribution < 1.29 is 25.3 Å². The van der Waals surface area contributed by atoms with Crippen molar-refractivity contribution >= 4 is 5.95 Å². The van der Waals surface area contributed by atoms with Gasteiger partial charge in [-0.05, 0) is 0 Å². The van der Waals surface area contributed by atoms with Gasteiger partial charge < -0.3 is 20.1 Å². The molecule has 106 valence electrons. The number of nitrogens with zero attached hydrogens (tertiary/aromatic N) is 3. The molecule has 0 amide bonds. The molecule has 1 aromatic heterocycles. The maximum absolute atomic E-state index is 11.7. The number of aromatic nitrogens is 3. The third-order valence-corrected chi connectivity index (χ3v) is 2.83. The molecule has 0 radical (unpaired) electrons. The second kappa shape index (κ2) is 4.80. The van der Waals surface area contributed by atoms with E-state index in [1.807, 2.05) is 0 Å². The van der Waals surface area contributed by atoms with Crippen LogP contribution in [0.2, 0.25) is 0 Å². The summed E-state index contributed by atoms with van der Waals surface area (Å²) >= 11 is 0. The summed E-state index contributed by atoms with van der Waals surface area (Å²) in [5, 5.41) is 37.0. The van der Waals surface area contributed by atoms with E-state index in [2.05, 4.69) is 9.97 Å². The molecule has 0 aromatic carbocycles. The van der Waals surface area contributed by atoms with Gasteiger partial charge in [0.15, 0.2) is 0 Å². The lowest BCUT2D eigenvalue weighted by Gasteiger charge is -2.28. The fourth-order valence-electron chi connectivity index (χ4n) is 1.80. The Morgan fingerprint density at radius 3 is 2.74 bits per heavy atom. The zero-order valence-corrected chi connectivity index (χ0v) is 9.54. The van der Waals surface area contributed by atoms with Crippen LogP contribution in [0, 0.1) is 0 Å². The predicted octanol–water partition coefficient (Wildman–Crippen LogP) is -3.88. The molecule has 1 aliphatic heterocycles. The van der Waals surface area contributed by atoms with E-state index >= 15 is 0 Å². The lowest BCUT2D eigenvalue weighted by atomic mass is 10.1. The second-order valence-electron chi connectivity index (χ2n) is 3.97. The minimum atomic E-state index is -2.11. The van der Waals surface area contributed by atoms with E-state index < -0.39 is 36.5 Å². The zero-order chi connectivity index (χ0) is 14.2. The van der Waals surface area contributed by atoms with Gasteiger partial charge in [-0.15, -0.1) is 0 Å². The number of rotatable bonds is 3. The van der Waals surface area contributed by atoms with Crippen molar-refractivity contribution in [1.29, 1.82) is 0 Å². The number of ether oxygens (including phenoxy) is 1. The Labute approximate surface area is 105 Å². The van der Waals surface area contributed by atoms with E-state index in [0.29, 0.717) is 4.57 Å². The molecule has 11 nitrogen and oxygen atoms in total. The van der Waals surface area contributed by atoms with Gasteiger partial charge >= 0.3 is 5.69 Å². The smallest absolute Gasteiger partial charge is 0.355 e. The highest BCUT2D eigenvalue weighted by molar-refractivity contribution is 5.16. The molecule has 7 N–H and O–H groups in total. The third kappa shape index (κ3) is 2.07. The lowest BCUT2D eigenvalue weighted by Crippen LogP contribution is -2.57. The molecule has 11 heteroatoms. The van der Waals surface area contributed by atoms with Gasteiger partial charge in [0.25, 0.3) is 5.95 Å². The largest absolute Gasteiger partial charge is 0.394 e. The molecule has 0 bridgehead atoms. The molecule has 0 saturated carbocycles. The first kappa shape index (κ1) is 13.8. The number of aliphatic hydroxyl groups is 3. The highest BCUT2D eigenvalue weighted by Crippen LogP contribution is 2.29. The van der Waals surface area contributed by atoms with Crippen molar-refractivity contribution in [3.05, 3.63) is 16.8 Å². The van der Waals surface area contributed by atoms with Crippen LogP contribution in [0.15, 0.2) is 11.1 Å². The summed E-state index contributed by atoms with van der Waals surface area (Å²) in [5.74, 6) is -2.48. The van der Waals surface area contributed by atoms with Crippen LogP contribution in [-0.2, 0) is 10.6 Å². The minimum absolute atomic E-state index is 0.364. The van der Waals surface area contributed by atoms with Crippen LogP contribution in [0.4, 0.5) is 5.95 Å². The molecule has 1 fully saturated rings. The summed E-state index contributed by atoms with van der Waals surface area (Å²) in [6.07, 6.45) is -3.41. The first-order chi connectivity index (χ1) is 8.93. The average Bonchev–Trinajstić information content (AvgIpc) is 2.63. The predicted molar refractivity (Wildman–Crippen MR) is 57.8 cm³/mol. The average molecular weight is 275 g/mol. The van der Waals surface area contributed by atoms with E-state index in [9.17, 15) is 15.0 Å². The molecular weight excluding hydrogens is 262 g/mol. The summed E-state index contributed by atoms with van der Waals surface area (Å²) in [5.41, 5.74) is 6.33. The molecule has 4 atom stereocenters. The normalized spacial score (nSPS) is 34.5. The van der Waals surface area contributed by atoms with Gasteiger partial charge in [-0.25, -0.2) is 19.8 Å². The maximum atomic E-state index is 11.7. The van der Waals surface area contributed by atoms with Gasteiger partial charge in [0.1, 0.15) is 24.6 Å². The van der Waals surface area contributed by atoms with Crippen molar-refractivity contribution in [3.63, 3.8) is 0 Å². The Bertz CT molecular complexity index is 523. The number of hydrogen-bond acceptors (Lipinski definition) is 10. The van der Waals surface area contributed by atoms with Gasteiger partial charge in [-0.3, -0.25) is 10.9 Å². The number of nitrogens with one attached hydrogen (secondary N) is 1. The Balaban J connectivity index is 2.43. The third-order valence-electron chi connectivity index (χ3n) is 2.83. The number of anilines is 1. The molecule has 1 saturated heterocycles. The van der Waals surface area contributed by atoms with Crippen LogP contribution in [-0.4, -0.2) is 60.0 Å². The molecule has 1 aliphatic rings. The molecule has 2 rings (SSSR count). The van der Waals surface area contributed by atoms with Crippen LogP contribution in [0.3, 0.4) is 0 Å². The summed E-state index contributed by atoms with van der Waals surface area (Å²) in [6.45, 7) is -0.594. The topological polar surface area (TPSA) is 176 Å². The minimum Gasteiger partial charge on any atom is -0.394 e. The standard InChI is InChI=1S/C8H13N5O6/c9-8(5(16)4(15)3(1-14)19-8)13-2-10-6(12-18)11-7(13)17/h2-5,14-16,18H,1,9H2,(H,11,12,17)/t3-,4-,5-,8+/m1/s1. The van der Waals surface area contributed by atoms with Crippen LogP contribution in [0.25, 0.3) is 0 Å². The Morgan fingerprint density at radius 2 is 2.26 bits per heavy atom. The molecule has 1 aromatic rings. The van der Waals surface area contributed by atoms with Crippen molar-refractivity contribution in [2.75, 3.05) is 12.1 Å². The fourth-order valence-corrected chi connectivity index (χ4v) is 1.80. The van der Waals surface area contributed by atoms with Crippen molar-refractivity contribution in [2.45, 2.75) is 24.2 Å². The Morgan fingerprint density at radius 1 is 1.58 bits per heavy atom. The fraction of sp³-hybridized carbons (Fsp3) is 0.625. The highest BCUT2D eigenvalue weighted by Gasteiger charge is 2.53. The van der Waals surface area contributed by atoms with Crippen molar-refractivity contribution in [1.82, 2.24) is 14.5 Å². The lowest BCUT2D eigenvalue weighted by molar-refractivity contribution is -0.146. The number of nitrogens with two attached hydrogens (primary N) is 1. The molecule has 19 heavy (non-hydrogen) atoms. The van der Waals surface area contributed by atoms with E-state index in [0.717, 1.165) is 6.33 Å². The number of hydrogen-bond donors (Lipinski definition) is 6. The van der Waals surface area contributed by atoms with Crippen LogP contribution in [0.1, 0.15) is 0 Å². The first-order valence-corrected chi connectivity index (χ1v) is 5.24. The zero-order valence-electron chi connectivity index (χ0n) is 9.54. The first-order valence-electron chi connectivity index (χ1n) is 5.24. The maximum Gasteiger partial charge on any atom is 0.355 e. The van der Waals surface area contributed by atoms with Crippen molar-refractivity contribution in [2.24, 2.45) is 5.73 Å². The molecule has 0 spiro atoms. The summed E-state index contributed by atoms with van der Waals surface area (Å²) < 4.78 is 5.74. The van der Waals surface area contributed by atoms with Crippen LogP contribution in [0.5, 0.6) is 0 Å². The van der Waals surface area contributed by atoms with E-state index in [1.165, 1.54) is 0 Å². The summed E-state index contributed by atoms with van der Waals surface area (Å²) in [6, 6.07) is 0. The van der Waals surface area contributed by atoms with Crippen LogP contribution >= 0.6 is 0 Å². The highest BCUT2D eigenvalue weighted by atomic mass is 16.6. The second-order valence-corrected chi connectivity index (χ2v) is 3.97. The van der Waals surface area contributed by atoms with E-state index in [-0.39, 0.29) is 5.95 Å². The van der Waals surface area contributed by atoms with Crippen molar-refractivity contribution in [3.8, 4) is 0 Å². The summed E-state index contributed by atoms with van der Waals surface area (Å²) in [7, 11) is 0. The molecule has 0 unspecified atom stereocenters. The summed E-state index contributed by atoms with van der Waals surface area (Å²) in [4.78, 5) is 18.5. The SMILES string of the molecule is N[C@@]1(n2cnc(NO)nc2=O)O[C@H](CO)[C@@H](O)[C@H]1O. The van der Waals surface area contributed by atoms with E-state index in [4.69, 9.17) is 20.8 Å². The van der Waals surface area contributed by atoms with E-state index in [1.54, 1.807) is 5.48 Å². The molecule has 0 aliphatic carbocycles. The van der Waals surface area contributed by atoms with Crippen LogP contribution < -0.4 is 16.9 Å². The van der Waals surface area contributed by atoms with Gasteiger partial charge in [0.2, 0.25) is 5.85 Å². The van der Waals surface area contributed by atoms with Gasteiger partial charge in [0, 0.05) is 0 Å². The van der Waals surface area contributed by atoms with Gasteiger partial charge in [0.05, 0.1) is 6.61 Å². The van der Waals surface area contributed by atoms with Gasteiger partial charge in [-0.1, -0.05) is 0 Å². The molecule has 2 heterocycles. The Hall–Kier alpha value is -1.63. The Kier molecular flexibility index (Phi) is 3.49.